The molecule has 0 radical (unpaired) electrons. The van der Waals surface area contributed by atoms with E-state index in [2.05, 4.69) is 20.7 Å². The van der Waals surface area contributed by atoms with Gasteiger partial charge in [-0.05, 0) is 18.2 Å². The highest BCUT2D eigenvalue weighted by molar-refractivity contribution is 9.10. The second-order valence-electron chi connectivity index (χ2n) is 3.79. The summed E-state index contributed by atoms with van der Waals surface area (Å²) in [6.07, 6.45) is 0. The van der Waals surface area contributed by atoms with Crippen molar-refractivity contribution in [2.24, 2.45) is 0 Å². The molecule has 0 unspecified atom stereocenters. The quantitative estimate of drug-likeness (QED) is 0.722. The summed E-state index contributed by atoms with van der Waals surface area (Å²) in [6.45, 7) is 1.49. The van der Waals surface area contributed by atoms with E-state index in [1.54, 1.807) is 6.92 Å². The predicted molar refractivity (Wildman–Crippen MR) is 76.8 cm³/mol. The third kappa shape index (κ3) is 5.09. The molecule has 0 amide bonds. The van der Waals surface area contributed by atoms with Crippen LogP contribution in [0.2, 0.25) is 0 Å². The SMILES string of the molecule is CCNS(=O)(=O)CCNS(=O)(=O)c1ccc(Br)cc1F. The fourth-order valence-electron chi connectivity index (χ4n) is 1.37. The lowest BCUT2D eigenvalue weighted by atomic mass is 10.3. The topological polar surface area (TPSA) is 92.3 Å². The van der Waals surface area contributed by atoms with Gasteiger partial charge in [0.15, 0.2) is 0 Å². The van der Waals surface area contributed by atoms with Gasteiger partial charge >= 0.3 is 0 Å². The summed E-state index contributed by atoms with van der Waals surface area (Å²) in [6, 6.07) is 3.50. The Kier molecular flexibility index (Phi) is 6.07. The Morgan fingerprint density at radius 1 is 1.20 bits per heavy atom. The molecule has 20 heavy (non-hydrogen) atoms. The molecule has 0 spiro atoms. The molecule has 0 fully saturated rings. The first-order chi connectivity index (χ1) is 9.18. The maximum absolute atomic E-state index is 13.5. The van der Waals surface area contributed by atoms with E-state index >= 15 is 0 Å². The number of hydrogen-bond donors (Lipinski definition) is 2. The molecular weight excluding hydrogens is 375 g/mol. The third-order valence-corrected chi connectivity index (χ3v) is 5.67. The molecule has 2 N–H and O–H groups in total. The zero-order valence-electron chi connectivity index (χ0n) is 10.6. The number of rotatable bonds is 7. The highest BCUT2D eigenvalue weighted by Crippen LogP contribution is 2.19. The van der Waals surface area contributed by atoms with Crippen molar-refractivity contribution in [3.05, 3.63) is 28.5 Å². The van der Waals surface area contributed by atoms with Gasteiger partial charge in [0.05, 0.1) is 5.75 Å². The number of benzene rings is 1. The summed E-state index contributed by atoms with van der Waals surface area (Å²) in [5, 5.41) is 0. The molecule has 1 rings (SSSR count). The Morgan fingerprint density at radius 3 is 2.40 bits per heavy atom. The van der Waals surface area contributed by atoms with E-state index in [4.69, 9.17) is 0 Å². The lowest BCUT2D eigenvalue weighted by molar-refractivity contribution is 0.557. The Hall–Kier alpha value is -0.550. The van der Waals surface area contributed by atoms with Gasteiger partial charge < -0.3 is 0 Å². The minimum absolute atomic E-state index is 0.219. The van der Waals surface area contributed by atoms with Gasteiger partial charge in [0.25, 0.3) is 0 Å². The molecule has 0 aliphatic rings. The van der Waals surface area contributed by atoms with Crippen molar-refractivity contribution in [3.8, 4) is 0 Å². The largest absolute Gasteiger partial charge is 0.243 e. The Morgan fingerprint density at radius 2 is 1.85 bits per heavy atom. The van der Waals surface area contributed by atoms with Crippen LogP contribution in [-0.2, 0) is 20.0 Å². The molecule has 114 valence electrons. The van der Waals surface area contributed by atoms with Gasteiger partial charge in [-0.25, -0.2) is 30.7 Å². The summed E-state index contributed by atoms with van der Waals surface area (Å²) < 4.78 is 64.6. The van der Waals surface area contributed by atoms with E-state index in [0.717, 1.165) is 12.1 Å². The van der Waals surface area contributed by atoms with Crippen LogP contribution in [0.1, 0.15) is 6.92 Å². The van der Waals surface area contributed by atoms with Crippen LogP contribution >= 0.6 is 15.9 Å². The van der Waals surface area contributed by atoms with Crippen LogP contribution in [0.15, 0.2) is 27.6 Å². The number of nitrogens with one attached hydrogen (secondary N) is 2. The summed E-state index contributed by atoms with van der Waals surface area (Å²) in [7, 11) is -7.61. The molecule has 1 aromatic rings. The van der Waals surface area contributed by atoms with Crippen molar-refractivity contribution in [2.45, 2.75) is 11.8 Å². The third-order valence-electron chi connectivity index (χ3n) is 2.21. The van der Waals surface area contributed by atoms with Gasteiger partial charge in [0.1, 0.15) is 10.7 Å². The van der Waals surface area contributed by atoms with E-state index in [1.165, 1.54) is 6.07 Å². The van der Waals surface area contributed by atoms with E-state index < -0.39 is 36.5 Å². The monoisotopic (exact) mass is 388 g/mol. The second-order valence-corrected chi connectivity index (χ2v) is 8.37. The summed E-state index contributed by atoms with van der Waals surface area (Å²) in [5.41, 5.74) is 0. The zero-order chi connectivity index (χ0) is 15.4. The molecule has 0 heterocycles. The van der Waals surface area contributed by atoms with Crippen molar-refractivity contribution in [2.75, 3.05) is 18.8 Å². The van der Waals surface area contributed by atoms with Crippen LogP contribution in [-0.4, -0.2) is 35.7 Å². The molecule has 0 bridgehead atoms. The molecule has 0 saturated heterocycles. The van der Waals surface area contributed by atoms with Crippen LogP contribution < -0.4 is 9.44 Å². The van der Waals surface area contributed by atoms with Gasteiger partial charge in [-0.15, -0.1) is 0 Å². The Labute approximate surface area is 126 Å². The normalized spacial score (nSPS) is 12.6. The molecular formula is C10H14BrFN2O4S2. The van der Waals surface area contributed by atoms with Gasteiger partial charge in [-0.2, -0.15) is 0 Å². The van der Waals surface area contributed by atoms with Crippen LogP contribution in [0.4, 0.5) is 4.39 Å². The molecule has 0 aliphatic heterocycles. The summed E-state index contributed by atoms with van der Waals surface area (Å²) in [4.78, 5) is -0.526. The minimum Gasteiger partial charge on any atom is -0.215 e. The molecule has 0 atom stereocenters. The van der Waals surface area contributed by atoms with E-state index in [0.29, 0.717) is 4.47 Å². The number of sulfonamides is 2. The maximum Gasteiger partial charge on any atom is 0.243 e. The summed E-state index contributed by atoms with van der Waals surface area (Å²) in [5.74, 6) is -1.33. The first kappa shape index (κ1) is 17.5. The lowest BCUT2D eigenvalue weighted by Gasteiger charge is -2.08. The average Bonchev–Trinajstić information content (AvgIpc) is 2.27. The molecule has 0 aliphatic carbocycles. The van der Waals surface area contributed by atoms with Crippen LogP contribution in [0.25, 0.3) is 0 Å². The fourth-order valence-corrected chi connectivity index (χ4v) is 3.88. The van der Waals surface area contributed by atoms with Crippen molar-refractivity contribution in [3.63, 3.8) is 0 Å². The number of halogens is 2. The van der Waals surface area contributed by atoms with E-state index in [-0.39, 0.29) is 13.1 Å². The van der Waals surface area contributed by atoms with Crippen LogP contribution in [0, 0.1) is 5.82 Å². The van der Waals surface area contributed by atoms with Gasteiger partial charge in [0.2, 0.25) is 20.0 Å². The van der Waals surface area contributed by atoms with Crippen molar-refractivity contribution in [1.29, 1.82) is 0 Å². The van der Waals surface area contributed by atoms with Gasteiger partial charge in [-0.3, -0.25) is 0 Å². The van der Waals surface area contributed by atoms with Crippen molar-refractivity contribution < 1.29 is 21.2 Å². The van der Waals surface area contributed by atoms with E-state index in [1.807, 2.05) is 4.72 Å². The van der Waals surface area contributed by atoms with Gasteiger partial charge in [-0.1, -0.05) is 22.9 Å². The van der Waals surface area contributed by atoms with E-state index in [9.17, 15) is 21.2 Å². The standard InChI is InChI=1S/C10H14BrFN2O4S2/c1-2-13-19(15,16)6-5-14-20(17,18)10-4-3-8(11)7-9(10)12/h3-4,7,13-14H,2,5-6H2,1H3. The minimum atomic E-state index is -4.08. The number of hydrogen-bond acceptors (Lipinski definition) is 4. The summed E-state index contributed by atoms with van der Waals surface area (Å²) >= 11 is 3.02. The highest BCUT2D eigenvalue weighted by Gasteiger charge is 2.19. The lowest BCUT2D eigenvalue weighted by Crippen LogP contribution is -2.34. The average molecular weight is 389 g/mol. The molecule has 1 aromatic carbocycles. The Bertz CT molecular complexity index is 676. The Balaban J connectivity index is 2.76. The van der Waals surface area contributed by atoms with Gasteiger partial charge in [0, 0.05) is 17.6 Å². The maximum atomic E-state index is 13.5. The fraction of sp³-hybridized carbons (Fsp3) is 0.400. The van der Waals surface area contributed by atoms with Crippen LogP contribution in [0.5, 0.6) is 0 Å². The molecule has 0 aromatic heterocycles. The molecule has 0 saturated carbocycles. The molecule has 10 heteroatoms. The highest BCUT2D eigenvalue weighted by atomic mass is 79.9. The second kappa shape index (κ2) is 6.94. The first-order valence-corrected chi connectivity index (χ1v) is 9.53. The van der Waals surface area contributed by atoms with Crippen LogP contribution in [0.3, 0.4) is 0 Å². The zero-order valence-corrected chi connectivity index (χ0v) is 13.8. The van der Waals surface area contributed by atoms with Crippen molar-refractivity contribution in [1.82, 2.24) is 9.44 Å². The predicted octanol–water partition coefficient (Wildman–Crippen LogP) is 0.806. The first-order valence-electron chi connectivity index (χ1n) is 5.60. The molecule has 6 nitrogen and oxygen atoms in total. The smallest absolute Gasteiger partial charge is 0.215 e. The van der Waals surface area contributed by atoms with Crippen molar-refractivity contribution >= 4 is 36.0 Å².